The van der Waals surface area contributed by atoms with E-state index in [4.69, 9.17) is 4.74 Å². The minimum Gasteiger partial charge on any atom is -0.364 e. The van der Waals surface area contributed by atoms with Gasteiger partial charge in [-0.15, -0.1) is 0 Å². The highest BCUT2D eigenvalue weighted by molar-refractivity contribution is 5.19. The second kappa shape index (κ2) is 5.42. The molecule has 1 fully saturated rings. The van der Waals surface area contributed by atoms with Gasteiger partial charge in [0.2, 0.25) is 0 Å². The zero-order valence-corrected chi connectivity index (χ0v) is 10.5. The van der Waals surface area contributed by atoms with Crippen LogP contribution >= 0.6 is 0 Å². The molecule has 0 aliphatic heterocycles. The van der Waals surface area contributed by atoms with E-state index in [1.54, 1.807) is 0 Å². The van der Waals surface area contributed by atoms with Crippen molar-refractivity contribution in [3.05, 3.63) is 48.0 Å². The fraction of sp³-hybridized carbons (Fsp3) is 0.412. The molecule has 3 rings (SSSR count). The second-order valence-electron chi connectivity index (χ2n) is 5.19. The maximum Gasteiger partial charge on any atom is 0.108 e. The van der Waals surface area contributed by atoms with Gasteiger partial charge in [0.15, 0.2) is 0 Å². The predicted octanol–water partition coefficient (Wildman–Crippen LogP) is 3.42. The Hall–Kier alpha value is -1.52. The normalized spacial score (nSPS) is 28.1. The number of hydrogen-bond donors (Lipinski definition) is 0. The van der Waals surface area contributed by atoms with E-state index in [2.05, 4.69) is 36.1 Å². The molecule has 2 bridgehead atoms. The molecule has 1 aromatic carbocycles. The van der Waals surface area contributed by atoms with Crippen LogP contribution in [0.25, 0.3) is 0 Å². The van der Waals surface area contributed by atoms with Crippen molar-refractivity contribution in [3.8, 4) is 11.8 Å². The van der Waals surface area contributed by atoms with Gasteiger partial charge < -0.3 is 4.74 Å². The van der Waals surface area contributed by atoms with E-state index in [1.165, 1.54) is 18.4 Å². The van der Waals surface area contributed by atoms with Gasteiger partial charge in [-0.05, 0) is 30.2 Å². The topological polar surface area (TPSA) is 9.23 Å². The molecule has 0 radical (unpaired) electrons. The Morgan fingerprint density at radius 2 is 2.00 bits per heavy atom. The van der Waals surface area contributed by atoms with E-state index in [0.717, 1.165) is 11.8 Å². The smallest absolute Gasteiger partial charge is 0.108 e. The third kappa shape index (κ3) is 2.66. The molecular formula is C17H18O. The molecule has 1 heteroatoms. The summed E-state index contributed by atoms with van der Waals surface area (Å²) in [6, 6.07) is 10.2. The monoisotopic (exact) mass is 238 g/mol. The molecule has 1 nitrogen and oxygen atoms in total. The maximum absolute atomic E-state index is 5.57. The summed E-state index contributed by atoms with van der Waals surface area (Å²) in [4.78, 5) is 0. The van der Waals surface area contributed by atoms with Gasteiger partial charge in [0.1, 0.15) is 6.61 Å². The second-order valence-corrected chi connectivity index (χ2v) is 5.19. The van der Waals surface area contributed by atoms with Crippen molar-refractivity contribution in [1.82, 2.24) is 0 Å². The lowest BCUT2D eigenvalue weighted by atomic mass is 9.94. The van der Waals surface area contributed by atoms with Crippen LogP contribution in [0.3, 0.4) is 0 Å². The lowest BCUT2D eigenvalue weighted by molar-refractivity contribution is 0.153. The van der Waals surface area contributed by atoms with E-state index in [1.807, 2.05) is 18.2 Å². The Kier molecular flexibility index (Phi) is 3.48. The third-order valence-electron chi connectivity index (χ3n) is 3.85. The van der Waals surface area contributed by atoms with E-state index >= 15 is 0 Å². The lowest BCUT2D eigenvalue weighted by Crippen LogP contribution is -2.04. The average Bonchev–Trinajstić information content (AvgIpc) is 3.02. The summed E-state index contributed by atoms with van der Waals surface area (Å²) in [6.07, 6.45) is 7.28. The molecule has 3 unspecified atom stereocenters. The Morgan fingerprint density at radius 1 is 1.11 bits per heavy atom. The molecule has 1 aromatic rings. The first-order valence-electron chi connectivity index (χ1n) is 6.70. The Labute approximate surface area is 109 Å². The van der Waals surface area contributed by atoms with Crippen molar-refractivity contribution >= 4 is 0 Å². The van der Waals surface area contributed by atoms with Crippen LogP contribution in [0.15, 0.2) is 42.5 Å². The predicted molar refractivity (Wildman–Crippen MR) is 72.7 cm³/mol. The lowest BCUT2D eigenvalue weighted by Gasteiger charge is -2.10. The van der Waals surface area contributed by atoms with Crippen LogP contribution < -0.4 is 0 Å². The first-order valence-corrected chi connectivity index (χ1v) is 6.70. The number of rotatable bonds is 3. The zero-order chi connectivity index (χ0) is 12.2. The molecule has 0 saturated heterocycles. The fourth-order valence-electron chi connectivity index (χ4n) is 2.91. The Bertz CT molecular complexity index is 477. The quantitative estimate of drug-likeness (QED) is 0.445. The van der Waals surface area contributed by atoms with Crippen LogP contribution in [0.4, 0.5) is 0 Å². The Morgan fingerprint density at radius 3 is 2.72 bits per heavy atom. The molecule has 3 atom stereocenters. The number of ether oxygens (including phenoxy) is 1. The standard InChI is InChI=1S/C17H18O/c1-2-5-14(6-3-1)13-18-10-4-7-16-11-15-8-9-17(16)12-15/h1-3,5-6,8-9,15-17H,10-13H2. The van der Waals surface area contributed by atoms with Crippen LogP contribution in [-0.2, 0) is 11.3 Å². The van der Waals surface area contributed by atoms with Crippen molar-refractivity contribution in [2.24, 2.45) is 17.8 Å². The molecule has 2 aliphatic carbocycles. The summed E-state index contributed by atoms with van der Waals surface area (Å²) in [5.41, 5.74) is 1.21. The molecule has 18 heavy (non-hydrogen) atoms. The summed E-state index contributed by atoms with van der Waals surface area (Å²) < 4.78 is 5.57. The van der Waals surface area contributed by atoms with Gasteiger partial charge >= 0.3 is 0 Å². The minimum absolute atomic E-state index is 0.548. The highest BCUT2D eigenvalue weighted by Gasteiger charge is 2.34. The van der Waals surface area contributed by atoms with Crippen molar-refractivity contribution < 1.29 is 4.74 Å². The first-order chi connectivity index (χ1) is 8.92. The molecule has 0 N–H and O–H groups in total. The summed E-state index contributed by atoms with van der Waals surface area (Å²) in [5.74, 6) is 8.66. The summed E-state index contributed by atoms with van der Waals surface area (Å²) in [7, 11) is 0. The summed E-state index contributed by atoms with van der Waals surface area (Å²) in [5, 5.41) is 0. The van der Waals surface area contributed by atoms with Crippen LogP contribution in [0.2, 0.25) is 0 Å². The maximum atomic E-state index is 5.57. The molecule has 1 saturated carbocycles. The van der Waals surface area contributed by atoms with Crippen molar-refractivity contribution in [3.63, 3.8) is 0 Å². The van der Waals surface area contributed by atoms with E-state index < -0.39 is 0 Å². The number of benzene rings is 1. The van der Waals surface area contributed by atoms with Crippen molar-refractivity contribution in [2.75, 3.05) is 6.61 Å². The molecule has 92 valence electrons. The largest absolute Gasteiger partial charge is 0.364 e. The SMILES string of the molecule is C(#CC1CC2C=CC1C2)COCc1ccccc1. The fourth-order valence-corrected chi connectivity index (χ4v) is 2.91. The van der Waals surface area contributed by atoms with Crippen molar-refractivity contribution in [2.45, 2.75) is 19.4 Å². The van der Waals surface area contributed by atoms with Gasteiger partial charge in [0, 0.05) is 5.92 Å². The van der Waals surface area contributed by atoms with Crippen LogP contribution in [-0.4, -0.2) is 6.61 Å². The Balaban J connectivity index is 1.42. The number of fused-ring (bicyclic) bond motifs is 2. The van der Waals surface area contributed by atoms with Gasteiger partial charge in [-0.25, -0.2) is 0 Å². The molecular weight excluding hydrogens is 220 g/mol. The van der Waals surface area contributed by atoms with Gasteiger partial charge in [-0.3, -0.25) is 0 Å². The zero-order valence-electron chi connectivity index (χ0n) is 10.5. The van der Waals surface area contributed by atoms with Gasteiger partial charge in [-0.1, -0.05) is 54.3 Å². The first kappa shape index (κ1) is 11.6. The number of allylic oxidation sites excluding steroid dienone is 2. The highest BCUT2D eigenvalue weighted by Crippen LogP contribution is 2.42. The highest BCUT2D eigenvalue weighted by atomic mass is 16.5. The van der Waals surface area contributed by atoms with Gasteiger partial charge in [0.05, 0.1) is 6.61 Å². The molecule has 0 aromatic heterocycles. The van der Waals surface area contributed by atoms with E-state index in [-0.39, 0.29) is 0 Å². The van der Waals surface area contributed by atoms with Crippen LogP contribution in [0.1, 0.15) is 18.4 Å². The van der Waals surface area contributed by atoms with Crippen molar-refractivity contribution in [1.29, 1.82) is 0 Å². The molecule has 2 aliphatic rings. The molecule has 0 amide bonds. The minimum atomic E-state index is 0.548. The molecule has 0 heterocycles. The molecule has 0 spiro atoms. The van der Waals surface area contributed by atoms with Crippen LogP contribution in [0, 0.1) is 29.6 Å². The van der Waals surface area contributed by atoms with E-state index in [9.17, 15) is 0 Å². The summed E-state index contributed by atoms with van der Waals surface area (Å²) in [6.45, 7) is 1.21. The average molecular weight is 238 g/mol. The van der Waals surface area contributed by atoms with Gasteiger partial charge in [0.25, 0.3) is 0 Å². The van der Waals surface area contributed by atoms with Crippen LogP contribution in [0.5, 0.6) is 0 Å². The number of hydrogen-bond acceptors (Lipinski definition) is 1. The third-order valence-corrected chi connectivity index (χ3v) is 3.85. The summed E-state index contributed by atoms with van der Waals surface area (Å²) >= 11 is 0. The van der Waals surface area contributed by atoms with E-state index in [0.29, 0.717) is 19.1 Å². The van der Waals surface area contributed by atoms with Gasteiger partial charge in [-0.2, -0.15) is 0 Å².